The van der Waals surface area contributed by atoms with E-state index in [1.807, 2.05) is 43.3 Å². The maximum Gasteiger partial charge on any atom is 0.256 e. The maximum atomic E-state index is 12.8. The van der Waals surface area contributed by atoms with Gasteiger partial charge in [0.1, 0.15) is 5.75 Å². The first-order valence-electron chi connectivity index (χ1n) is 8.70. The van der Waals surface area contributed by atoms with E-state index in [0.29, 0.717) is 24.3 Å². The van der Waals surface area contributed by atoms with Crippen LogP contribution in [0.4, 0.5) is 5.69 Å². The Morgan fingerprint density at radius 2 is 2.00 bits per heavy atom. The molecule has 7 heteroatoms. The summed E-state index contributed by atoms with van der Waals surface area (Å²) in [4.78, 5) is 14.7. The highest BCUT2D eigenvalue weighted by molar-refractivity contribution is 6.13. The molecule has 1 unspecified atom stereocenters. The average Bonchev–Trinajstić information content (AvgIpc) is 3.06. The lowest BCUT2D eigenvalue weighted by Gasteiger charge is -2.15. The van der Waals surface area contributed by atoms with Crippen LogP contribution in [0.5, 0.6) is 5.75 Å². The van der Waals surface area contributed by atoms with Gasteiger partial charge in [0, 0.05) is 23.7 Å². The molecule has 7 nitrogen and oxygen atoms in total. The maximum absolute atomic E-state index is 12.8. The summed E-state index contributed by atoms with van der Waals surface area (Å²) in [6, 6.07) is 11.2. The largest absolute Gasteiger partial charge is 0.496 e. The predicted molar refractivity (Wildman–Crippen MR) is 105 cm³/mol. The van der Waals surface area contributed by atoms with Gasteiger partial charge < -0.3 is 20.1 Å². The number of anilines is 1. The lowest BCUT2D eigenvalue weighted by atomic mass is 10.0. The average molecular weight is 368 g/mol. The zero-order valence-electron chi connectivity index (χ0n) is 15.7. The number of carbonyl (C=O) groups is 1. The van der Waals surface area contributed by atoms with Gasteiger partial charge >= 0.3 is 0 Å². The van der Waals surface area contributed by atoms with E-state index in [9.17, 15) is 9.90 Å². The highest BCUT2D eigenvalue weighted by atomic mass is 16.5. The number of hydrogen-bond acceptors (Lipinski definition) is 5. The number of fused-ring (bicyclic) bond motifs is 1. The fourth-order valence-corrected chi connectivity index (χ4v) is 3.07. The van der Waals surface area contributed by atoms with Crippen molar-refractivity contribution in [1.82, 2.24) is 14.7 Å². The minimum atomic E-state index is -0.533. The second-order valence-electron chi connectivity index (χ2n) is 6.68. The number of hydrogen-bond donors (Lipinski definition) is 2. The van der Waals surface area contributed by atoms with Gasteiger partial charge in [-0.15, -0.1) is 0 Å². The van der Waals surface area contributed by atoms with E-state index in [-0.39, 0.29) is 5.91 Å². The van der Waals surface area contributed by atoms with E-state index in [1.54, 1.807) is 36.3 Å². The molecular weight excluding hydrogens is 344 g/mol. The summed E-state index contributed by atoms with van der Waals surface area (Å²) in [6.45, 7) is 0.902. The van der Waals surface area contributed by atoms with E-state index < -0.39 is 6.10 Å². The lowest BCUT2D eigenvalue weighted by Crippen LogP contribution is -2.29. The number of rotatable bonds is 7. The summed E-state index contributed by atoms with van der Waals surface area (Å²) in [5.74, 6) is 0.507. The van der Waals surface area contributed by atoms with Crippen LogP contribution in [-0.2, 0) is 6.54 Å². The molecule has 0 saturated carbocycles. The molecule has 2 aromatic carbocycles. The molecule has 0 spiro atoms. The van der Waals surface area contributed by atoms with Crippen LogP contribution in [0.25, 0.3) is 10.8 Å². The highest BCUT2D eigenvalue weighted by Crippen LogP contribution is 2.28. The van der Waals surface area contributed by atoms with Gasteiger partial charge in [-0.2, -0.15) is 5.10 Å². The molecule has 0 fully saturated rings. The number of ether oxygens (including phenoxy) is 1. The molecule has 1 amide bonds. The Labute approximate surface area is 158 Å². The molecule has 2 N–H and O–H groups in total. The third-order valence-electron chi connectivity index (χ3n) is 4.21. The second kappa shape index (κ2) is 8.20. The first-order valence-corrected chi connectivity index (χ1v) is 8.70. The summed E-state index contributed by atoms with van der Waals surface area (Å²) >= 11 is 0. The zero-order chi connectivity index (χ0) is 19.4. The number of aromatic nitrogens is 2. The van der Waals surface area contributed by atoms with Crippen molar-refractivity contribution in [3.63, 3.8) is 0 Å². The monoisotopic (exact) mass is 368 g/mol. The van der Waals surface area contributed by atoms with Crippen LogP contribution in [-0.4, -0.2) is 59.5 Å². The molecule has 1 atom stereocenters. The number of aliphatic hydroxyl groups is 1. The molecule has 142 valence electrons. The number of methoxy groups -OCH3 is 1. The van der Waals surface area contributed by atoms with Crippen molar-refractivity contribution in [3.05, 3.63) is 54.4 Å². The van der Waals surface area contributed by atoms with Crippen molar-refractivity contribution in [3.8, 4) is 5.75 Å². The Balaban J connectivity index is 1.76. The Hall–Kier alpha value is -2.90. The number of benzene rings is 2. The minimum absolute atomic E-state index is 0.220. The third-order valence-corrected chi connectivity index (χ3v) is 4.21. The summed E-state index contributed by atoms with van der Waals surface area (Å²) in [5.41, 5.74) is 1.14. The van der Waals surface area contributed by atoms with Crippen LogP contribution in [0.15, 0.2) is 48.8 Å². The van der Waals surface area contributed by atoms with Gasteiger partial charge in [0.25, 0.3) is 5.91 Å². The van der Waals surface area contributed by atoms with Crippen molar-refractivity contribution in [2.75, 3.05) is 33.1 Å². The fourth-order valence-electron chi connectivity index (χ4n) is 3.07. The van der Waals surface area contributed by atoms with Gasteiger partial charge in [-0.3, -0.25) is 9.48 Å². The number of likely N-dealkylation sites (N-methyl/N-ethyl adjacent to an activating group) is 1. The topological polar surface area (TPSA) is 79.6 Å². The first kappa shape index (κ1) is 18.9. The third kappa shape index (κ3) is 4.45. The van der Waals surface area contributed by atoms with E-state index >= 15 is 0 Å². The molecule has 0 saturated heterocycles. The second-order valence-corrected chi connectivity index (χ2v) is 6.68. The van der Waals surface area contributed by atoms with Gasteiger partial charge in [-0.1, -0.05) is 24.3 Å². The van der Waals surface area contributed by atoms with Gasteiger partial charge in [0.2, 0.25) is 0 Å². The summed E-state index contributed by atoms with van der Waals surface area (Å²) < 4.78 is 7.00. The molecule has 1 heterocycles. The van der Waals surface area contributed by atoms with Crippen LogP contribution in [0.1, 0.15) is 10.4 Å². The Kier molecular flexibility index (Phi) is 5.73. The Morgan fingerprint density at radius 1 is 1.26 bits per heavy atom. The number of carbonyl (C=O) groups excluding carboxylic acids is 1. The van der Waals surface area contributed by atoms with Crippen molar-refractivity contribution in [1.29, 1.82) is 0 Å². The van der Waals surface area contributed by atoms with Crippen molar-refractivity contribution in [2.24, 2.45) is 0 Å². The van der Waals surface area contributed by atoms with E-state index in [1.165, 1.54) is 0 Å². The molecule has 0 aliphatic heterocycles. The van der Waals surface area contributed by atoms with Gasteiger partial charge in [-0.05, 0) is 31.6 Å². The molecule has 0 bridgehead atoms. The molecule has 0 aliphatic rings. The highest BCUT2D eigenvalue weighted by Gasteiger charge is 2.14. The van der Waals surface area contributed by atoms with Crippen LogP contribution in [0.2, 0.25) is 0 Å². The summed E-state index contributed by atoms with van der Waals surface area (Å²) in [6.07, 6.45) is 2.75. The van der Waals surface area contributed by atoms with Gasteiger partial charge in [0.05, 0.1) is 31.6 Å². The predicted octanol–water partition coefficient (Wildman–Crippen LogP) is 2.22. The number of amides is 1. The number of nitrogens with one attached hydrogen (secondary N) is 1. The van der Waals surface area contributed by atoms with Gasteiger partial charge in [0.15, 0.2) is 0 Å². The number of aliphatic hydroxyl groups excluding tert-OH is 1. The van der Waals surface area contributed by atoms with Crippen LogP contribution >= 0.6 is 0 Å². The van der Waals surface area contributed by atoms with Gasteiger partial charge in [-0.25, -0.2) is 0 Å². The SMILES string of the molecule is COc1ccc(C(=O)Nc2cnn(CC(O)CN(C)C)c2)c2ccccc12. The summed E-state index contributed by atoms with van der Waals surface area (Å²) in [7, 11) is 5.41. The van der Waals surface area contributed by atoms with Crippen molar-refractivity contribution in [2.45, 2.75) is 12.6 Å². The first-order chi connectivity index (χ1) is 13.0. The molecule has 3 rings (SSSR count). The number of nitrogens with zero attached hydrogens (tertiary/aromatic N) is 3. The molecular formula is C20H24N4O3. The van der Waals surface area contributed by atoms with Crippen LogP contribution in [0.3, 0.4) is 0 Å². The molecule has 0 aliphatic carbocycles. The minimum Gasteiger partial charge on any atom is -0.496 e. The Morgan fingerprint density at radius 3 is 2.70 bits per heavy atom. The van der Waals surface area contributed by atoms with Crippen LogP contribution in [0, 0.1) is 0 Å². The lowest BCUT2D eigenvalue weighted by molar-refractivity contribution is 0.102. The zero-order valence-corrected chi connectivity index (χ0v) is 15.7. The van der Waals surface area contributed by atoms with E-state index in [0.717, 1.165) is 16.5 Å². The molecule has 3 aromatic rings. The molecule has 1 aromatic heterocycles. The van der Waals surface area contributed by atoms with E-state index in [2.05, 4.69) is 10.4 Å². The standard InChI is InChI=1S/C20H24N4O3/c1-23(2)12-15(25)13-24-11-14(10-21-24)22-20(26)18-8-9-19(27-3)17-7-5-4-6-16(17)18/h4-11,15,25H,12-13H2,1-3H3,(H,22,26). The van der Waals surface area contributed by atoms with Crippen molar-refractivity contribution < 1.29 is 14.6 Å². The Bertz CT molecular complexity index is 936. The van der Waals surface area contributed by atoms with Crippen LogP contribution < -0.4 is 10.1 Å². The molecule has 27 heavy (non-hydrogen) atoms. The van der Waals surface area contributed by atoms with E-state index in [4.69, 9.17) is 4.74 Å². The smallest absolute Gasteiger partial charge is 0.256 e. The molecule has 0 radical (unpaired) electrons. The van der Waals surface area contributed by atoms with Crippen molar-refractivity contribution >= 4 is 22.4 Å². The summed E-state index contributed by atoms with van der Waals surface area (Å²) in [5, 5.41) is 18.8. The normalized spacial score (nSPS) is 12.3. The quantitative estimate of drug-likeness (QED) is 0.668. The fraction of sp³-hybridized carbons (Fsp3) is 0.300.